The number of benzene rings is 1. The molecule has 0 spiro atoms. The van der Waals surface area contributed by atoms with Crippen molar-refractivity contribution in [2.75, 3.05) is 0 Å². The third-order valence-corrected chi connectivity index (χ3v) is 3.16. The predicted octanol–water partition coefficient (Wildman–Crippen LogP) is -1.56. The molecule has 1 aliphatic rings. The lowest BCUT2D eigenvalue weighted by molar-refractivity contribution is -0.278. The van der Waals surface area contributed by atoms with Gasteiger partial charge in [0.2, 0.25) is 6.29 Å². The van der Waals surface area contributed by atoms with Gasteiger partial charge in [0.05, 0.1) is 0 Å². The molecule has 2 rings (SSSR count). The van der Waals surface area contributed by atoms with E-state index in [0.717, 1.165) is 0 Å². The first-order valence-corrected chi connectivity index (χ1v) is 6.24. The van der Waals surface area contributed by atoms with Crippen LogP contribution in [0.2, 0.25) is 0 Å². The molecule has 1 saturated heterocycles. The number of carboxylic acid groups (broad SMARTS) is 1. The summed E-state index contributed by atoms with van der Waals surface area (Å²) in [4.78, 5) is 22.8. The van der Waals surface area contributed by atoms with Crippen LogP contribution in [-0.4, -0.2) is 68.2 Å². The molecule has 2 unspecified atom stereocenters. The van der Waals surface area contributed by atoms with E-state index in [-0.39, 0.29) is 11.3 Å². The molecule has 0 bridgehead atoms. The van der Waals surface area contributed by atoms with Crippen molar-refractivity contribution in [2.24, 2.45) is 0 Å². The third-order valence-electron chi connectivity index (χ3n) is 3.16. The molecule has 0 saturated carbocycles. The molecular formula is C13H14O9. The van der Waals surface area contributed by atoms with E-state index in [4.69, 9.17) is 14.6 Å². The fraction of sp³-hybridized carbons (Fsp3) is 0.385. The number of esters is 1. The molecule has 9 heteroatoms. The summed E-state index contributed by atoms with van der Waals surface area (Å²) in [5.74, 6) is -3.06. The molecule has 1 fully saturated rings. The average molecular weight is 314 g/mol. The van der Waals surface area contributed by atoms with Crippen molar-refractivity contribution in [3.63, 3.8) is 0 Å². The highest BCUT2D eigenvalue weighted by molar-refractivity contribution is 5.92. The standard InChI is InChI=1S/C13H14O9/c14-6-4-2-1-3-5(6)12(20)22-13-9(17)7(15)8(16)10(21-13)11(18)19/h1-4,7-10,13-17H,(H,18,19)/t7-,8?,9+,10?,13+/m1/s1. The van der Waals surface area contributed by atoms with Gasteiger partial charge in [-0.25, -0.2) is 9.59 Å². The Morgan fingerprint density at radius 3 is 2.27 bits per heavy atom. The Hall–Kier alpha value is -2.20. The minimum atomic E-state index is -1.88. The minimum absolute atomic E-state index is 0.231. The maximum Gasteiger partial charge on any atom is 0.344 e. The highest BCUT2D eigenvalue weighted by Gasteiger charge is 2.48. The number of aliphatic hydroxyl groups is 3. The number of para-hydroxylation sites is 1. The number of aromatic hydroxyl groups is 1. The molecule has 1 aromatic rings. The van der Waals surface area contributed by atoms with Crippen LogP contribution in [0.4, 0.5) is 0 Å². The van der Waals surface area contributed by atoms with Gasteiger partial charge >= 0.3 is 11.9 Å². The quantitative estimate of drug-likeness (QED) is 0.417. The van der Waals surface area contributed by atoms with Gasteiger partial charge in [-0.05, 0) is 12.1 Å². The van der Waals surface area contributed by atoms with Crippen LogP contribution in [-0.2, 0) is 14.3 Å². The summed E-state index contributed by atoms with van der Waals surface area (Å²) >= 11 is 0. The highest BCUT2D eigenvalue weighted by atomic mass is 16.7. The number of rotatable bonds is 3. The van der Waals surface area contributed by atoms with Gasteiger partial charge in [0.1, 0.15) is 29.6 Å². The lowest BCUT2D eigenvalue weighted by Crippen LogP contribution is -2.60. The van der Waals surface area contributed by atoms with Crippen LogP contribution in [0.5, 0.6) is 5.75 Å². The number of carboxylic acids is 1. The van der Waals surface area contributed by atoms with Crippen molar-refractivity contribution < 1.29 is 44.6 Å². The molecule has 9 nitrogen and oxygen atoms in total. The molecule has 0 radical (unpaired) electrons. The summed E-state index contributed by atoms with van der Waals surface area (Å²) in [6.07, 6.45) is -9.29. The van der Waals surface area contributed by atoms with E-state index in [1.165, 1.54) is 24.3 Å². The molecule has 0 aromatic heterocycles. The highest BCUT2D eigenvalue weighted by Crippen LogP contribution is 2.24. The molecule has 1 aromatic carbocycles. The Morgan fingerprint density at radius 2 is 1.68 bits per heavy atom. The number of hydrogen-bond donors (Lipinski definition) is 5. The molecular weight excluding hydrogens is 300 g/mol. The van der Waals surface area contributed by atoms with E-state index in [1.54, 1.807) is 0 Å². The lowest BCUT2D eigenvalue weighted by atomic mass is 9.99. The average Bonchev–Trinajstić information content (AvgIpc) is 2.47. The van der Waals surface area contributed by atoms with Gasteiger partial charge in [0.25, 0.3) is 0 Å². The number of ether oxygens (including phenoxy) is 2. The molecule has 22 heavy (non-hydrogen) atoms. The number of hydrogen-bond acceptors (Lipinski definition) is 8. The monoisotopic (exact) mass is 314 g/mol. The van der Waals surface area contributed by atoms with E-state index in [1.807, 2.05) is 0 Å². The summed E-state index contributed by atoms with van der Waals surface area (Å²) in [6.45, 7) is 0. The minimum Gasteiger partial charge on any atom is -0.507 e. The van der Waals surface area contributed by atoms with Crippen molar-refractivity contribution in [2.45, 2.75) is 30.7 Å². The first kappa shape index (κ1) is 16.2. The van der Waals surface area contributed by atoms with Crippen LogP contribution in [0.25, 0.3) is 0 Å². The summed E-state index contributed by atoms with van der Waals surface area (Å²) in [5.41, 5.74) is -0.231. The SMILES string of the molecule is O=C(O[C@@H]1OC(C(=O)O)C(O)[C@@H](O)[C@@H]1O)c1ccccc1O. The van der Waals surface area contributed by atoms with Crippen LogP contribution in [0.1, 0.15) is 10.4 Å². The maximum absolute atomic E-state index is 11.9. The van der Waals surface area contributed by atoms with Crippen molar-refractivity contribution in [1.82, 2.24) is 0 Å². The summed E-state index contributed by atoms with van der Waals surface area (Å²) in [6, 6.07) is 5.39. The van der Waals surface area contributed by atoms with Gasteiger partial charge in [-0.1, -0.05) is 12.1 Å². The van der Waals surface area contributed by atoms with Crippen LogP contribution < -0.4 is 0 Å². The number of carbonyl (C=O) groups is 2. The van der Waals surface area contributed by atoms with Crippen LogP contribution in [0.15, 0.2) is 24.3 Å². The van der Waals surface area contributed by atoms with Crippen molar-refractivity contribution >= 4 is 11.9 Å². The van der Waals surface area contributed by atoms with Gasteiger partial charge in [-0.15, -0.1) is 0 Å². The molecule has 1 heterocycles. The van der Waals surface area contributed by atoms with Gasteiger partial charge in [-0.3, -0.25) is 0 Å². The zero-order valence-corrected chi connectivity index (χ0v) is 11.1. The third kappa shape index (κ3) is 3.02. The maximum atomic E-state index is 11.9. The summed E-state index contributed by atoms with van der Waals surface area (Å²) in [7, 11) is 0. The normalized spacial score (nSPS) is 31.5. The fourth-order valence-electron chi connectivity index (χ4n) is 1.96. The Kier molecular flexibility index (Phi) is 4.62. The molecule has 120 valence electrons. The lowest BCUT2D eigenvalue weighted by Gasteiger charge is -2.37. The van der Waals surface area contributed by atoms with Crippen molar-refractivity contribution in [3.8, 4) is 5.75 Å². The van der Waals surface area contributed by atoms with E-state index >= 15 is 0 Å². The van der Waals surface area contributed by atoms with Crippen LogP contribution in [0.3, 0.4) is 0 Å². The smallest absolute Gasteiger partial charge is 0.344 e. The van der Waals surface area contributed by atoms with E-state index in [9.17, 15) is 30.0 Å². The number of phenols is 1. The molecule has 1 aliphatic heterocycles. The largest absolute Gasteiger partial charge is 0.507 e. The zero-order valence-electron chi connectivity index (χ0n) is 11.1. The molecule has 0 amide bonds. The Morgan fingerprint density at radius 1 is 1.05 bits per heavy atom. The second kappa shape index (κ2) is 6.28. The Labute approximate surface area is 124 Å². The number of aliphatic hydroxyl groups excluding tert-OH is 3. The Balaban J connectivity index is 2.16. The number of phenolic OH excluding ortho intramolecular Hbond substituents is 1. The van der Waals surface area contributed by atoms with Crippen LogP contribution in [0, 0.1) is 0 Å². The van der Waals surface area contributed by atoms with E-state index in [2.05, 4.69) is 0 Å². The first-order valence-electron chi connectivity index (χ1n) is 6.24. The van der Waals surface area contributed by atoms with Gasteiger partial charge in [0.15, 0.2) is 6.10 Å². The number of aliphatic carboxylic acids is 1. The van der Waals surface area contributed by atoms with Gasteiger partial charge < -0.3 is 35.0 Å². The summed E-state index contributed by atoms with van der Waals surface area (Å²) < 4.78 is 9.55. The number of carbonyl (C=O) groups excluding carboxylic acids is 1. The second-order valence-electron chi connectivity index (χ2n) is 4.66. The predicted molar refractivity (Wildman–Crippen MR) is 67.8 cm³/mol. The first-order chi connectivity index (χ1) is 10.3. The molecule has 0 aliphatic carbocycles. The fourth-order valence-corrected chi connectivity index (χ4v) is 1.96. The Bertz CT molecular complexity index is 572. The molecule has 5 N–H and O–H groups in total. The topological polar surface area (TPSA) is 154 Å². The zero-order chi connectivity index (χ0) is 16.4. The van der Waals surface area contributed by atoms with Crippen molar-refractivity contribution in [3.05, 3.63) is 29.8 Å². The summed E-state index contributed by atoms with van der Waals surface area (Å²) in [5, 5.41) is 47.2. The van der Waals surface area contributed by atoms with E-state index < -0.39 is 42.6 Å². The molecule has 5 atom stereocenters. The van der Waals surface area contributed by atoms with Gasteiger partial charge in [0, 0.05) is 0 Å². The van der Waals surface area contributed by atoms with Gasteiger partial charge in [-0.2, -0.15) is 0 Å². The van der Waals surface area contributed by atoms with Crippen LogP contribution >= 0.6 is 0 Å². The van der Waals surface area contributed by atoms with Crippen molar-refractivity contribution in [1.29, 1.82) is 0 Å². The van der Waals surface area contributed by atoms with E-state index in [0.29, 0.717) is 0 Å². The second-order valence-corrected chi connectivity index (χ2v) is 4.66.